The topological polar surface area (TPSA) is 12.0 Å². The standard InChI is InChI=1S/C18H23N/c1-3-15(2)13-19-14-16-9-11-18(12-10-16)17-7-5-4-6-8-17/h4-12,15,19H,3,13-14H2,1-2H3. The Morgan fingerprint density at radius 1 is 0.895 bits per heavy atom. The van der Waals surface area contributed by atoms with Crippen molar-refractivity contribution in [3.8, 4) is 11.1 Å². The fourth-order valence-electron chi connectivity index (χ4n) is 2.05. The highest BCUT2D eigenvalue weighted by Gasteiger charge is 1.99. The van der Waals surface area contributed by atoms with Crippen molar-refractivity contribution in [3.63, 3.8) is 0 Å². The van der Waals surface area contributed by atoms with Crippen LogP contribution in [0.1, 0.15) is 25.8 Å². The summed E-state index contributed by atoms with van der Waals surface area (Å²) >= 11 is 0. The van der Waals surface area contributed by atoms with Gasteiger partial charge in [0.1, 0.15) is 0 Å². The van der Waals surface area contributed by atoms with Crippen molar-refractivity contribution in [2.75, 3.05) is 6.54 Å². The molecule has 0 aliphatic rings. The number of rotatable bonds is 6. The van der Waals surface area contributed by atoms with Crippen LogP contribution < -0.4 is 5.32 Å². The van der Waals surface area contributed by atoms with E-state index < -0.39 is 0 Å². The minimum Gasteiger partial charge on any atom is -0.312 e. The SMILES string of the molecule is CCC(C)CNCc1ccc(-c2ccccc2)cc1. The van der Waals surface area contributed by atoms with Gasteiger partial charge in [-0.05, 0) is 29.2 Å². The maximum atomic E-state index is 3.51. The fourth-order valence-corrected chi connectivity index (χ4v) is 2.05. The van der Waals surface area contributed by atoms with Crippen molar-refractivity contribution in [2.24, 2.45) is 5.92 Å². The van der Waals surface area contributed by atoms with E-state index in [0.29, 0.717) is 0 Å². The average molecular weight is 253 g/mol. The van der Waals surface area contributed by atoms with Crippen LogP contribution in [-0.2, 0) is 6.54 Å². The van der Waals surface area contributed by atoms with Crippen LogP contribution in [-0.4, -0.2) is 6.54 Å². The Bertz CT molecular complexity index is 473. The van der Waals surface area contributed by atoms with E-state index in [0.717, 1.165) is 19.0 Å². The first-order valence-corrected chi connectivity index (χ1v) is 7.14. The largest absolute Gasteiger partial charge is 0.312 e. The zero-order valence-electron chi connectivity index (χ0n) is 11.9. The van der Waals surface area contributed by atoms with Gasteiger partial charge in [-0.15, -0.1) is 0 Å². The Morgan fingerprint density at radius 2 is 1.53 bits per heavy atom. The molecule has 0 spiro atoms. The molecule has 0 aliphatic carbocycles. The van der Waals surface area contributed by atoms with E-state index in [-0.39, 0.29) is 0 Å². The molecule has 0 fully saturated rings. The molecule has 0 heterocycles. The highest BCUT2D eigenvalue weighted by molar-refractivity contribution is 5.63. The van der Waals surface area contributed by atoms with Crippen molar-refractivity contribution in [1.82, 2.24) is 5.32 Å². The third-order valence-electron chi connectivity index (χ3n) is 3.58. The minimum absolute atomic E-state index is 0.753. The molecule has 1 unspecified atom stereocenters. The lowest BCUT2D eigenvalue weighted by Gasteiger charge is -2.10. The van der Waals surface area contributed by atoms with Gasteiger partial charge in [-0.1, -0.05) is 74.9 Å². The van der Waals surface area contributed by atoms with Gasteiger partial charge in [0.2, 0.25) is 0 Å². The van der Waals surface area contributed by atoms with E-state index >= 15 is 0 Å². The third-order valence-corrected chi connectivity index (χ3v) is 3.58. The van der Waals surface area contributed by atoms with E-state index in [2.05, 4.69) is 73.8 Å². The van der Waals surface area contributed by atoms with Crippen LogP contribution in [0.5, 0.6) is 0 Å². The van der Waals surface area contributed by atoms with Gasteiger partial charge in [0.05, 0.1) is 0 Å². The molecule has 0 amide bonds. The van der Waals surface area contributed by atoms with Gasteiger partial charge in [0.15, 0.2) is 0 Å². The van der Waals surface area contributed by atoms with Crippen LogP contribution in [0.3, 0.4) is 0 Å². The average Bonchev–Trinajstić information content (AvgIpc) is 2.48. The van der Waals surface area contributed by atoms with E-state index in [1.54, 1.807) is 0 Å². The first kappa shape index (κ1) is 13.8. The molecule has 1 atom stereocenters. The quantitative estimate of drug-likeness (QED) is 0.800. The molecule has 0 aliphatic heterocycles. The van der Waals surface area contributed by atoms with Crippen LogP contribution in [0.25, 0.3) is 11.1 Å². The molecule has 2 aromatic rings. The summed E-state index contributed by atoms with van der Waals surface area (Å²) in [5.41, 5.74) is 3.91. The molecule has 1 heteroatoms. The first-order valence-electron chi connectivity index (χ1n) is 7.14. The van der Waals surface area contributed by atoms with Crippen LogP contribution in [0, 0.1) is 5.92 Å². The zero-order valence-corrected chi connectivity index (χ0v) is 11.9. The molecule has 100 valence electrons. The predicted octanol–water partition coefficient (Wildman–Crippen LogP) is 4.49. The third kappa shape index (κ3) is 4.22. The number of benzene rings is 2. The normalized spacial score (nSPS) is 12.3. The molecule has 19 heavy (non-hydrogen) atoms. The highest BCUT2D eigenvalue weighted by Crippen LogP contribution is 2.19. The summed E-state index contributed by atoms with van der Waals surface area (Å²) in [6.07, 6.45) is 1.24. The second kappa shape index (κ2) is 7.10. The monoisotopic (exact) mass is 253 g/mol. The predicted molar refractivity (Wildman–Crippen MR) is 83.0 cm³/mol. The maximum Gasteiger partial charge on any atom is 0.0205 e. The number of nitrogens with one attached hydrogen (secondary N) is 1. The van der Waals surface area contributed by atoms with Gasteiger partial charge in [-0.25, -0.2) is 0 Å². The van der Waals surface area contributed by atoms with Crippen molar-refractivity contribution >= 4 is 0 Å². The van der Waals surface area contributed by atoms with E-state index in [4.69, 9.17) is 0 Å². The summed E-state index contributed by atoms with van der Waals surface area (Å²) in [4.78, 5) is 0. The Balaban J connectivity index is 1.92. The molecule has 2 rings (SSSR count). The van der Waals surface area contributed by atoms with Crippen molar-refractivity contribution < 1.29 is 0 Å². The summed E-state index contributed by atoms with van der Waals surface area (Å²) in [5.74, 6) is 0.753. The molecule has 1 nitrogen and oxygen atoms in total. The highest BCUT2D eigenvalue weighted by atomic mass is 14.8. The summed E-state index contributed by atoms with van der Waals surface area (Å²) < 4.78 is 0. The summed E-state index contributed by atoms with van der Waals surface area (Å²) in [6, 6.07) is 19.3. The van der Waals surface area contributed by atoms with Crippen LogP contribution in [0.4, 0.5) is 0 Å². The van der Waals surface area contributed by atoms with E-state index in [9.17, 15) is 0 Å². The van der Waals surface area contributed by atoms with Crippen LogP contribution in [0.2, 0.25) is 0 Å². The molecular formula is C18H23N. The Kier molecular flexibility index (Phi) is 5.17. The van der Waals surface area contributed by atoms with Gasteiger partial charge in [-0.3, -0.25) is 0 Å². The lowest BCUT2D eigenvalue weighted by atomic mass is 10.0. The molecule has 0 aromatic heterocycles. The van der Waals surface area contributed by atoms with Crippen molar-refractivity contribution in [3.05, 3.63) is 60.2 Å². The summed E-state index contributed by atoms with van der Waals surface area (Å²) in [5, 5.41) is 3.51. The Morgan fingerprint density at radius 3 is 2.16 bits per heavy atom. The second-order valence-electron chi connectivity index (χ2n) is 5.21. The van der Waals surface area contributed by atoms with E-state index in [1.165, 1.54) is 23.1 Å². The summed E-state index contributed by atoms with van der Waals surface area (Å²) in [6.45, 7) is 6.57. The zero-order chi connectivity index (χ0) is 13.5. The second-order valence-corrected chi connectivity index (χ2v) is 5.21. The maximum absolute atomic E-state index is 3.51. The van der Waals surface area contributed by atoms with Crippen LogP contribution >= 0.6 is 0 Å². The number of hydrogen-bond acceptors (Lipinski definition) is 1. The van der Waals surface area contributed by atoms with E-state index in [1.807, 2.05) is 0 Å². The molecule has 0 bridgehead atoms. The Hall–Kier alpha value is -1.60. The molecule has 0 saturated heterocycles. The molecule has 0 saturated carbocycles. The smallest absolute Gasteiger partial charge is 0.0205 e. The minimum atomic E-state index is 0.753. The molecule has 2 aromatic carbocycles. The molecule has 1 N–H and O–H groups in total. The van der Waals surface area contributed by atoms with Gasteiger partial charge in [0, 0.05) is 6.54 Å². The first-order chi connectivity index (χ1) is 9.29. The fraction of sp³-hybridized carbons (Fsp3) is 0.333. The Labute approximate surface area is 116 Å². The lowest BCUT2D eigenvalue weighted by Crippen LogP contribution is -2.20. The lowest BCUT2D eigenvalue weighted by molar-refractivity contribution is 0.500. The molecule has 0 radical (unpaired) electrons. The number of hydrogen-bond donors (Lipinski definition) is 1. The van der Waals surface area contributed by atoms with Crippen LogP contribution in [0.15, 0.2) is 54.6 Å². The van der Waals surface area contributed by atoms with Gasteiger partial charge >= 0.3 is 0 Å². The van der Waals surface area contributed by atoms with Gasteiger partial charge in [-0.2, -0.15) is 0 Å². The van der Waals surface area contributed by atoms with Gasteiger partial charge < -0.3 is 5.32 Å². The van der Waals surface area contributed by atoms with Crippen molar-refractivity contribution in [2.45, 2.75) is 26.8 Å². The molecular weight excluding hydrogens is 230 g/mol. The van der Waals surface area contributed by atoms with Gasteiger partial charge in [0.25, 0.3) is 0 Å². The summed E-state index contributed by atoms with van der Waals surface area (Å²) in [7, 11) is 0. The van der Waals surface area contributed by atoms with Crippen molar-refractivity contribution in [1.29, 1.82) is 0 Å².